The van der Waals surface area contributed by atoms with Gasteiger partial charge in [-0.2, -0.15) is 0 Å². The molecular formula is C13H21N3O. The SMILES string of the molecule is CCOCCCN=C(N)Nc1ccc(C)cc1. The largest absolute Gasteiger partial charge is 0.382 e. The Morgan fingerprint density at radius 1 is 1.35 bits per heavy atom. The van der Waals surface area contributed by atoms with E-state index in [1.807, 2.05) is 31.2 Å². The predicted octanol–water partition coefficient (Wildman–Crippen LogP) is 2.15. The van der Waals surface area contributed by atoms with E-state index in [0.29, 0.717) is 12.5 Å². The number of rotatable bonds is 6. The molecule has 94 valence electrons. The average Bonchev–Trinajstić information content (AvgIpc) is 2.32. The second-order valence-electron chi connectivity index (χ2n) is 3.81. The van der Waals surface area contributed by atoms with Gasteiger partial charge in [-0.25, -0.2) is 0 Å². The molecular weight excluding hydrogens is 214 g/mol. The minimum atomic E-state index is 0.449. The topological polar surface area (TPSA) is 59.6 Å². The first kappa shape index (κ1) is 13.5. The summed E-state index contributed by atoms with van der Waals surface area (Å²) in [5.41, 5.74) is 7.94. The van der Waals surface area contributed by atoms with Crippen LogP contribution in [0.1, 0.15) is 18.9 Å². The first-order chi connectivity index (χ1) is 8.22. The van der Waals surface area contributed by atoms with Crippen molar-refractivity contribution < 1.29 is 4.74 Å². The van der Waals surface area contributed by atoms with Crippen molar-refractivity contribution in [3.63, 3.8) is 0 Å². The lowest BCUT2D eigenvalue weighted by atomic mass is 10.2. The zero-order chi connectivity index (χ0) is 12.5. The number of aryl methyl sites for hydroxylation is 1. The van der Waals surface area contributed by atoms with Gasteiger partial charge >= 0.3 is 0 Å². The van der Waals surface area contributed by atoms with Crippen LogP contribution >= 0.6 is 0 Å². The molecule has 0 aliphatic heterocycles. The molecule has 17 heavy (non-hydrogen) atoms. The minimum absolute atomic E-state index is 0.449. The maximum atomic E-state index is 5.76. The molecule has 1 aromatic rings. The van der Waals surface area contributed by atoms with Crippen molar-refractivity contribution in [2.75, 3.05) is 25.1 Å². The molecule has 0 atom stereocenters. The van der Waals surface area contributed by atoms with E-state index in [-0.39, 0.29) is 0 Å². The van der Waals surface area contributed by atoms with Gasteiger partial charge in [-0.05, 0) is 32.4 Å². The molecule has 0 radical (unpaired) electrons. The Morgan fingerprint density at radius 3 is 2.71 bits per heavy atom. The van der Waals surface area contributed by atoms with Crippen LogP contribution in [-0.4, -0.2) is 25.7 Å². The zero-order valence-electron chi connectivity index (χ0n) is 10.6. The molecule has 4 nitrogen and oxygen atoms in total. The van der Waals surface area contributed by atoms with Gasteiger partial charge < -0.3 is 15.8 Å². The van der Waals surface area contributed by atoms with Crippen molar-refractivity contribution in [1.82, 2.24) is 0 Å². The van der Waals surface area contributed by atoms with Crippen LogP contribution < -0.4 is 11.1 Å². The van der Waals surface area contributed by atoms with E-state index in [9.17, 15) is 0 Å². The van der Waals surface area contributed by atoms with Crippen molar-refractivity contribution in [2.24, 2.45) is 10.7 Å². The summed E-state index contributed by atoms with van der Waals surface area (Å²) >= 11 is 0. The number of benzene rings is 1. The Kier molecular flexibility index (Phi) is 6.10. The Bertz CT molecular complexity index is 346. The van der Waals surface area contributed by atoms with Gasteiger partial charge in [0.2, 0.25) is 0 Å². The van der Waals surface area contributed by atoms with Gasteiger partial charge in [-0.15, -0.1) is 0 Å². The molecule has 0 heterocycles. The second kappa shape index (κ2) is 7.68. The lowest BCUT2D eigenvalue weighted by Crippen LogP contribution is -2.22. The lowest BCUT2D eigenvalue weighted by Gasteiger charge is -2.05. The Hall–Kier alpha value is -1.55. The third kappa shape index (κ3) is 5.92. The monoisotopic (exact) mass is 235 g/mol. The lowest BCUT2D eigenvalue weighted by molar-refractivity contribution is 0.146. The molecule has 0 aliphatic carbocycles. The number of hydrogen-bond acceptors (Lipinski definition) is 2. The number of guanidine groups is 1. The molecule has 1 aromatic carbocycles. The van der Waals surface area contributed by atoms with E-state index in [4.69, 9.17) is 10.5 Å². The van der Waals surface area contributed by atoms with Gasteiger partial charge in [0.05, 0.1) is 0 Å². The first-order valence-electron chi connectivity index (χ1n) is 5.93. The van der Waals surface area contributed by atoms with E-state index in [2.05, 4.69) is 17.2 Å². The molecule has 0 bridgehead atoms. The van der Waals surface area contributed by atoms with Crippen molar-refractivity contribution in [3.8, 4) is 0 Å². The van der Waals surface area contributed by atoms with Gasteiger partial charge in [0, 0.05) is 25.4 Å². The fourth-order valence-electron chi connectivity index (χ4n) is 1.33. The zero-order valence-corrected chi connectivity index (χ0v) is 10.6. The fourth-order valence-corrected chi connectivity index (χ4v) is 1.33. The number of aliphatic imine (C=N–C) groups is 1. The number of hydrogen-bond donors (Lipinski definition) is 2. The molecule has 0 aliphatic rings. The number of ether oxygens (including phenoxy) is 1. The second-order valence-corrected chi connectivity index (χ2v) is 3.81. The van der Waals surface area contributed by atoms with Crippen molar-refractivity contribution >= 4 is 11.6 Å². The normalized spacial score (nSPS) is 11.5. The summed E-state index contributed by atoms with van der Waals surface area (Å²) in [4.78, 5) is 4.22. The number of nitrogens with two attached hydrogens (primary N) is 1. The molecule has 0 saturated heterocycles. The number of nitrogens with one attached hydrogen (secondary N) is 1. The smallest absolute Gasteiger partial charge is 0.193 e. The molecule has 0 spiro atoms. The minimum Gasteiger partial charge on any atom is -0.382 e. The number of anilines is 1. The molecule has 0 aromatic heterocycles. The summed E-state index contributed by atoms with van der Waals surface area (Å²) in [5, 5.41) is 3.05. The highest BCUT2D eigenvalue weighted by Gasteiger charge is 1.94. The summed E-state index contributed by atoms with van der Waals surface area (Å²) in [5.74, 6) is 0.449. The molecule has 0 fully saturated rings. The standard InChI is InChI=1S/C13H21N3O/c1-3-17-10-4-9-15-13(14)16-12-7-5-11(2)6-8-12/h5-8H,3-4,9-10H2,1-2H3,(H3,14,15,16). The summed E-state index contributed by atoms with van der Waals surface area (Å²) in [6.45, 7) is 6.20. The van der Waals surface area contributed by atoms with Crippen molar-refractivity contribution in [3.05, 3.63) is 29.8 Å². The van der Waals surface area contributed by atoms with E-state index in [1.54, 1.807) is 0 Å². The van der Waals surface area contributed by atoms with Crippen LogP contribution in [0, 0.1) is 6.92 Å². The molecule has 1 rings (SSSR count). The molecule has 3 N–H and O–H groups in total. The third-order valence-corrected chi connectivity index (χ3v) is 2.26. The van der Waals surface area contributed by atoms with Crippen LogP contribution in [0.15, 0.2) is 29.3 Å². The summed E-state index contributed by atoms with van der Waals surface area (Å²) in [7, 11) is 0. The Morgan fingerprint density at radius 2 is 2.06 bits per heavy atom. The molecule has 0 saturated carbocycles. The fraction of sp³-hybridized carbons (Fsp3) is 0.462. The molecule has 4 heteroatoms. The number of nitrogens with zero attached hydrogens (tertiary/aromatic N) is 1. The van der Waals surface area contributed by atoms with Crippen LogP contribution in [0.5, 0.6) is 0 Å². The third-order valence-electron chi connectivity index (χ3n) is 2.26. The predicted molar refractivity (Wildman–Crippen MR) is 72.4 cm³/mol. The molecule has 0 unspecified atom stereocenters. The van der Waals surface area contributed by atoms with Crippen LogP contribution in [-0.2, 0) is 4.74 Å². The van der Waals surface area contributed by atoms with Gasteiger partial charge in [0.1, 0.15) is 0 Å². The Balaban J connectivity index is 2.30. The van der Waals surface area contributed by atoms with E-state index < -0.39 is 0 Å². The highest BCUT2D eigenvalue weighted by molar-refractivity contribution is 5.92. The maximum absolute atomic E-state index is 5.76. The molecule has 0 amide bonds. The van der Waals surface area contributed by atoms with Crippen molar-refractivity contribution in [1.29, 1.82) is 0 Å². The first-order valence-corrected chi connectivity index (χ1v) is 5.93. The average molecular weight is 235 g/mol. The highest BCUT2D eigenvalue weighted by Crippen LogP contribution is 2.07. The van der Waals surface area contributed by atoms with Crippen LogP contribution in [0.25, 0.3) is 0 Å². The van der Waals surface area contributed by atoms with Crippen LogP contribution in [0.2, 0.25) is 0 Å². The van der Waals surface area contributed by atoms with E-state index >= 15 is 0 Å². The van der Waals surface area contributed by atoms with Crippen LogP contribution in [0.3, 0.4) is 0 Å². The summed E-state index contributed by atoms with van der Waals surface area (Å²) < 4.78 is 5.22. The summed E-state index contributed by atoms with van der Waals surface area (Å²) in [6.07, 6.45) is 0.893. The van der Waals surface area contributed by atoms with E-state index in [0.717, 1.165) is 25.3 Å². The van der Waals surface area contributed by atoms with Gasteiger partial charge in [0.25, 0.3) is 0 Å². The van der Waals surface area contributed by atoms with E-state index in [1.165, 1.54) is 5.56 Å². The van der Waals surface area contributed by atoms with Gasteiger partial charge in [0.15, 0.2) is 5.96 Å². The highest BCUT2D eigenvalue weighted by atomic mass is 16.5. The maximum Gasteiger partial charge on any atom is 0.193 e. The van der Waals surface area contributed by atoms with Gasteiger partial charge in [-0.3, -0.25) is 4.99 Å². The quantitative estimate of drug-likeness (QED) is 0.451. The van der Waals surface area contributed by atoms with Gasteiger partial charge in [-0.1, -0.05) is 17.7 Å². The summed E-state index contributed by atoms with van der Waals surface area (Å²) in [6, 6.07) is 8.03. The Labute approximate surface area is 103 Å². The van der Waals surface area contributed by atoms with Crippen molar-refractivity contribution in [2.45, 2.75) is 20.3 Å². The van der Waals surface area contributed by atoms with Crippen LogP contribution in [0.4, 0.5) is 5.69 Å².